The number of aliphatic imine (C=N–C) groups is 1. The van der Waals surface area contributed by atoms with Gasteiger partial charge >= 0.3 is 29.6 Å². The van der Waals surface area contributed by atoms with Gasteiger partial charge in [0.2, 0.25) is 0 Å². The second-order valence-corrected chi connectivity index (χ2v) is 11.7. The molecule has 1 N–H and O–H groups in total. The van der Waals surface area contributed by atoms with Gasteiger partial charge in [0.05, 0.1) is 0 Å². The SMILES string of the molecule is CC(C)(C)C1CCC2(CC1)N=C(c1ccsc1)C(=O)N2CCc1ccc(C(=O)NCCC(=O)[O-])cc1.[Na+]. The van der Waals surface area contributed by atoms with E-state index in [1.54, 1.807) is 23.5 Å². The van der Waals surface area contributed by atoms with E-state index in [1.807, 2.05) is 33.9 Å². The summed E-state index contributed by atoms with van der Waals surface area (Å²) in [7, 11) is 0. The first-order valence-electron chi connectivity index (χ1n) is 12.6. The molecular formula is C28H34N3NaO4S. The second-order valence-electron chi connectivity index (χ2n) is 10.9. The molecule has 2 aliphatic rings. The molecule has 0 saturated heterocycles. The Morgan fingerprint density at radius 2 is 1.84 bits per heavy atom. The summed E-state index contributed by atoms with van der Waals surface area (Å²) < 4.78 is 0. The summed E-state index contributed by atoms with van der Waals surface area (Å²) in [6, 6.07) is 9.20. The number of nitrogens with one attached hydrogen (secondary N) is 1. The molecule has 0 radical (unpaired) electrons. The maximum Gasteiger partial charge on any atom is 1.00 e. The van der Waals surface area contributed by atoms with E-state index in [1.165, 1.54) is 0 Å². The zero-order valence-electron chi connectivity index (χ0n) is 22.2. The summed E-state index contributed by atoms with van der Waals surface area (Å²) in [4.78, 5) is 43.4. The zero-order valence-corrected chi connectivity index (χ0v) is 25.0. The Morgan fingerprint density at radius 1 is 1.16 bits per heavy atom. The molecule has 1 spiro atoms. The van der Waals surface area contributed by atoms with Crippen LogP contribution in [0.25, 0.3) is 0 Å². The van der Waals surface area contributed by atoms with E-state index >= 15 is 0 Å². The Labute approximate surface area is 245 Å². The Hall–Kier alpha value is -2.00. The van der Waals surface area contributed by atoms with Crippen molar-refractivity contribution in [1.29, 1.82) is 0 Å². The van der Waals surface area contributed by atoms with Gasteiger partial charge in [-0.1, -0.05) is 32.9 Å². The van der Waals surface area contributed by atoms with E-state index in [0.29, 0.717) is 30.2 Å². The Kier molecular flexibility index (Phi) is 9.78. The summed E-state index contributed by atoms with van der Waals surface area (Å²) >= 11 is 1.57. The summed E-state index contributed by atoms with van der Waals surface area (Å²) in [5, 5.41) is 17.1. The van der Waals surface area contributed by atoms with E-state index < -0.39 is 11.6 Å². The molecule has 1 aromatic heterocycles. The van der Waals surface area contributed by atoms with Crippen molar-refractivity contribution < 1.29 is 49.0 Å². The number of amides is 2. The van der Waals surface area contributed by atoms with Crippen LogP contribution < -0.4 is 40.0 Å². The molecule has 1 aliphatic heterocycles. The molecule has 1 aromatic carbocycles. The van der Waals surface area contributed by atoms with Crippen LogP contribution in [0.2, 0.25) is 0 Å². The molecule has 192 valence electrons. The van der Waals surface area contributed by atoms with Crippen LogP contribution in [0.1, 0.15) is 74.4 Å². The van der Waals surface area contributed by atoms with E-state index in [-0.39, 0.29) is 59.8 Å². The summed E-state index contributed by atoms with van der Waals surface area (Å²) in [6.45, 7) is 7.47. The van der Waals surface area contributed by atoms with Gasteiger partial charge in [-0.05, 0) is 72.6 Å². The standard InChI is InChI=1S/C28H35N3O4S.Na/c1-27(2,3)22-8-13-28(14-9-22)30-24(21-12-17-36-18-21)26(35)31(28)16-11-19-4-6-20(7-5-19)25(34)29-15-10-23(32)33;/h4-7,12,17-18,22H,8-11,13-16H2,1-3H3,(H,29,34)(H,32,33);/q;+1/p-1. The van der Waals surface area contributed by atoms with Crippen LogP contribution in [-0.4, -0.2) is 47.1 Å². The molecule has 9 heteroatoms. The molecule has 1 fully saturated rings. The van der Waals surface area contributed by atoms with Crippen LogP contribution in [0.5, 0.6) is 0 Å². The number of thiophene rings is 1. The molecule has 0 bridgehead atoms. The van der Waals surface area contributed by atoms with Crippen LogP contribution in [0, 0.1) is 11.3 Å². The topological polar surface area (TPSA) is 102 Å². The molecule has 1 saturated carbocycles. The van der Waals surface area contributed by atoms with Gasteiger partial charge < -0.3 is 20.1 Å². The predicted octanol–water partition coefficient (Wildman–Crippen LogP) is 0.429. The largest absolute Gasteiger partial charge is 1.00 e. The number of carboxylic acids is 1. The first-order valence-corrected chi connectivity index (χ1v) is 13.5. The molecule has 1 aliphatic carbocycles. The van der Waals surface area contributed by atoms with Gasteiger partial charge in [-0.2, -0.15) is 11.3 Å². The Morgan fingerprint density at radius 3 is 2.41 bits per heavy atom. The van der Waals surface area contributed by atoms with Gasteiger partial charge in [-0.3, -0.25) is 14.6 Å². The maximum atomic E-state index is 13.6. The molecule has 0 atom stereocenters. The minimum absolute atomic E-state index is 0. The van der Waals surface area contributed by atoms with Gasteiger partial charge in [0.15, 0.2) is 0 Å². The molecule has 2 heterocycles. The second kappa shape index (κ2) is 12.2. The monoisotopic (exact) mass is 531 g/mol. The first kappa shape index (κ1) is 29.6. The number of carboxylic acid groups (broad SMARTS) is 1. The van der Waals surface area contributed by atoms with Crippen LogP contribution in [0.3, 0.4) is 0 Å². The van der Waals surface area contributed by atoms with Crippen LogP contribution in [0.15, 0.2) is 46.1 Å². The fraction of sp³-hybridized carbons (Fsp3) is 0.500. The van der Waals surface area contributed by atoms with E-state index in [2.05, 4.69) is 26.1 Å². The van der Waals surface area contributed by atoms with Crippen molar-refractivity contribution in [1.82, 2.24) is 10.2 Å². The van der Waals surface area contributed by atoms with Crippen LogP contribution >= 0.6 is 11.3 Å². The molecule has 4 rings (SSSR count). The predicted molar refractivity (Wildman–Crippen MR) is 139 cm³/mol. The summed E-state index contributed by atoms with van der Waals surface area (Å²) in [5.74, 6) is -0.892. The number of benzene rings is 1. The smallest absolute Gasteiger partial charge is 0.550 e. The summed E-state index contributed by atoms with van der Waals surface area (Å²) in [6.07, 6.45) is 4.29. The Balaban J connectivity index is 0.00000380. The number of nitrogens with zero attached hydrogens (tertiary/aromatic N) is 2. The van der Waals surface area contributed by atoms with Gasteiger partial charge in [0.25, 0.3) is 11.8 Å². The summed E-state index contributed by atoms with van der Waals surface area (Å²) in [5.41, 5.74) is 2.74. The first-order chi connectivity index (χ1) is 17.1. The van der Waals surface area contributed by atoms with Crippen molar-refractivity contribution in [3.8, 4) is 0 Å². The maximum absolute atomic E-state index is 13.6. The van der Waals surface area contributed by atoms with E-state index in [4.69, 9.17) is 4.99 Å². The Bertz CT molecular complexity index is 1130. The van der Waals surface area contributed by atoms with Crippen LogP contribution in [-0.2, 0) is 16.0 Å². The van der Waals surface area contributed by atoms with Gasteiger partial charge in [-0.25, -0.2) is 0 Å². The molecule has 0 unspecified atom stereocenters. The van der Waals surface area contributed by atoms with Crippen molar-refractivity contribution in [3.63, 3.8) is 0 Å². The number of hydrogen-bond acceptors (Lipinski definition) is 6. The average Bonchev–Trinajstić information content (AvgIpc) is 3.45. The van der Waals surface area contributed by atoms with E-state index in [0.717, 1.165) is 36.8 Å². The van der Waals surface area contributed by atoms with Crippen LogP contribution in [0.4, 0.5) is 0 Å². The van der Waals surface area contributed by atoms with Gasteiger partial charge in [-0.15, -0.1) is 0 Å². The quantitative estimate of drug-likeness (QED) is 0.499. The molecule has 2 aromatic rings. The fourth-order valence-corrected chi connectivity index (χ4v) is 5.94. The normalized spacial score (nSPS) is 21.5. The van der Waals surface area contributed by atoms with Crippen molar-refractivity contribution in [3.05, 3.63) is 57.8 Å². The molecule has 2 amide bonds. The van der Waals surface area contributed by atoms with Crippen molar-refractivity contribution in [2.45, 2.75) is 65.0 Å². The van der Waals surface area contributed by atoms with Crippen molar-refractivity contribution in [2.24, 2.45) is 16.3 Å². The molecular weight excluding hydrogens is 497 g/mol. The minimum Gasteiger partial charge on any atom is -0.550 e. The molecule has 37 heavy (non-hydrogen) atoms. The molecule has 7 nitrogen and oxygen atoms in total. The number of carbonyl (C=O) groups is 3. The van der Waals surface area contributed by atoms with Gasteiger partial charge in [0, 0.05) is 42.0 Å². The number of carbonyl (C=O) groups excluding carboxylic acids is 3. The number of hydrogen-bond donors (Lipinski definition) is 1. The minimum atomic E-state index is -1.20. The van der Waals surface area contributed by atoms with E-state index in [9.17, 15) is 19.5 Å². The third kappa shape index (κ3) is 6.91. The average molecular weight is 532 g/mol. The number of rotatable bonds is 8. The third-order valence-electron chi connectivity index (χ3n) is 7.53. The third-order valence-corrected chi connectivity index (χ3v) is 8.21. The van der Waals surface area contributed by atoms with Crippen molar-refractivity contribution in [2.75, 3.05) is 13.1 Å². The van der Waals surface area contributed by atoms with Crippen molar-refractivity contribution >= 4 is 34.8 Å². The zero-order chi connectivity index (χ0) is 25.9. The number of aliphatic carboxylic acids is 1. The van der Waals surface area contributed by atoms with Gasteiger partial charge in [0.1, 0.15) is 11.4 Å². The fourth-order valence-electron chi connectivity index (χ4n) is 5.30.